The molecule has 0 nitrogen and oxygen atoms in total. The summed E-state index contributed by atoms with van der Waals surface area (Å²) in [6.45, 7) is 2.06. The molecule has 0 aromatic heterocycles. The summed E-state index contributed by atoms with van der Waals surface area (Å²) in [5.74, 6) is -38.4. The van der Waals surface area contributed by atoms with Crippen LogP contribution in [0.15, 0.2) is 0 Å². The fourth-order valence-corrected chi connectivity index (χ4v) is 5.43. The Bertz CT molecular complexity index is 682. The van der Waals surface area contributed by atoms with Crippen molar-refractivity contribution in [2.45, 2.75) is 113 Å². The molecule has 2 fully saturated rings. The van der Waals surface area contributed by atoms with Gasteiger partial charge in [0.1, 0.15) is 0 Å². The van der Waals surface area contributed by atoms with Crippen LogP contribution in [0.25, 0.3) is 0 Å². The van der Waals surface area contributed by atoms with Gasteiger partial charge in [-0.25, -0.2) is 0 Å². The van der Waals surface area contributed by atoms with Gasteiger partial charge in [0.25, 0.3) is 0 Å². The summed E-state index contributed by atoms with van der Waals surface area (Å²) in [6, 6.07) is 0. The quantitative estimate of drug-likeness (QED) is 0.256. The number of alkyl halides is 13. The highest BCUT2D eigenvalue weighted by atomic mass is 19.4. The van der Waals surface area contributed by atoms with E-state index in [1.54, 1.807) is 0 Å². The highest BCUT2D eigenvalue weighted by molar-refractivity contribution is 5.11. The first-order valence-electron chi connectivity index (χ1n) is 11.7. The lowest BCUT2D eigenvalue weighted by Gasteiger charge is -2.44. The third-order valence-corrected chi connectivity index (χ3v) is 7.77. The van der Waals surface area contributed by atoms with E-state index >= 15 is 0 Å². The molecule has 35 heavy (non-hydrogen) atoms. The van der Waals surface area contributed by atoms with Crippen molar-refractivity contribution in [1.82, 2.24) is 0 Å². The number of hydrogen-bond donors (Lipinski definition) is 0. The van der Waals surface area contributed by atoms with E-state index in [-0.39, 0.29) is 24.7 Å². The molecule has 0 aromatic carbocycles. The van der Waals surface area contributed by atoms with Crippen molar-refractivity contribution in [3.8, 4) is 0 Å². The first-order valence-corrected chi connectivity index (χ1v) is 11.7. The fraction of sp³-hybridized carbons (Fsp3) is 1.00. The summed E-state index contributed by atoms with van der Waals surface area (Å²) in [7, 11) is 0. The standard InChI is InChI=1S/C22H29F13/c1-2-3-4-13-5-7-14(8-6-13)15-9-11-16(12-10-15)17(23,24)18(25,26)19(27,28)20(29,30)21(31,32)22(33,34)35/h13-16H,2-12H2,1H3/t13-,14-,15-,16-. The Morgan fingerprint density at radius 1 is 0.514 bits per heavy atom. The van der Waals surface area contributed by atoms with Crippen LogP contribution in [0.1, 0.15) is 77.6 Å². The van der Waals surface area contributed by atoms with Gasteiger partial charge in [-0.2, -0.15) is 57.1 Å². The van der Waals surface area contributed by atoms with E-state index in [0.717, 1.165) is 44.9 Å². The van der Waals surface area contributed by atoms with Crippen LogP contribution in [0.2, 0.25) is 0 Å². The maximum Gasteiger partial charge on any atom is 0.460 e. The summed E-state index contributed by atoms with van der Waals surface area (Å²) in [4.78, 5) is 0. The molecule has 0 radical (unpaired) electrons. The molecule has 2 aliphatic rings. The number of halogens is 13. The largest absolute Gasteiger partial charge is 0.460 e. The normalized spacial score (nSPS) is 28.3. The molecule has 0 unspecified atom stereocenters. The van der Waals surface area contributed by atoms with Gasteiger partial charge in [0.15, 0.2) is 0 Å². The van der Waals surface area contributed by atoms with Gasteiger partial charge < -0.3 is 0 Å². The van der Waals surface area contributed by atoms with Gasteiger partial charge in [0.2, 0.25) is 0 Å². The third-order valence-electron chi connectivity index (χ3n) is 7.77. The lowest BCUT2D eigenvalue weighted by atomic mass is 9.67. The Kier molecular flexibility index (Phi) is 8.75. The molecule has 0 atom stereocenters. The minimum absolute atomic E-state index is 0.0820. The van der Waals surface area contributed by atoms with Gasteiger partial charge >= 0.3 is 35.8 Å². The fourth-order valence-electron chi connectivity index (χ4n) is 5.43. The molecule has 2 saturated carbocycles. The molecule has 0 aromatic rings. The molecular formula is C22H29F13. The Morgan fingerprint density at radius 3 is 1.31 bits per heavy atom. The molecule has 13 heteroatoms. The first kappa shape index (κ1) is 30.3. The van der Waals surface area contributed by atoms with Crippen LogP contribution in [0, 0.1) is 23.7 Å². The zero-order chi connectivity index (χ0) is 27.1. The Morgan fingerprint density at radius 2 is 0.914 bits per heavy atom. The summed E-state index contributed by atoms with van der Waals surface area (Å²) >= 11 is 0. The molecule has 0 heterocycles. The van der Waals surface area contributed by atoms with Crippen LogP contribution in [0.5, 0.6) is 0 Å². The van der Waals surface area contributed by atoms with Crippen molar-refractivity contribution >= 4 is 0 Å². The molecular weight excluding hydrogens is 511 g/mol. The molecule has 0 spiro atoms. The van der Waals surface area contributed by atoms with Crippen molar-refractivity contribution in [1.29, 1.82) is 0 Å². The van der Waals surface area contributed by atoms with Gasteiger partial charge in [0, 0.05) is 5.92 Å². The minimum Gasteiger partial charge on any atom is -0.199 e. The van der Waals surface area contributed by atoms with E-state index in [1.807, 2.05) is 0 Å². The third kappa shape index (κ3) is 5.25. The average Bonchev–Trinajstić information content (AvgIpc) is 2.76. The minimum atomic E-state index is -7.82. The smallest absolute Gasteiger partial charge is 0.199 e. The second kappa shape index (κ2) is 10.1. The summed E-state index contributed by atoms with van der Waals surface area (Å²) in [5, 5.41) is 0. The van der Waals surface area contributed by atoms with Crippen LogP contribution < -0.4 is 0 Å². The van der Waals surface area contributed by atoms with Gasteiger partial charge in [-0.3, -0.25) is 0 Å². The van der Waals surface area contributed by atoms with Crippen molar-refractivity contribution < 1.29 is 57.1 Å². The van der Waals surface area contributed by atoms with E-state index < -0.39 is 54.5 Å². The van der Waals surface area contributed by atoms with Crippen LogP contribution in [-0.4, -0.2) is 35.8 Å². The van der Waals surface area contributed by atoms with Gasteiger partial charge in [-0.1, -0.05) is 39.0 Å². The first-order chi connectivity index (χ1) is 15.8. The van der Waals surface area contributed by atoms with Crippen molar-refractivity contribution in [2.24, 2.45) is 23.7 Å². The van der Waals surface area contributed by atoms with Crippen LogP contribution in [0.3, 0.4) is 0 Å². The maximum absolute atomic E-state index is 14.4. The zero-order valence-corrected chi connectivity index (χ0v) is 19.0. The van der Waals surface area contributed by atoms with E-state index in [2.05, 4.69) is 6.92 Å². The Hall–Kier alpha value is -0.910. The topological polar surface area (TPSA) is 0 Å². The predicted molar refractivity (Wildman–Crippen MR) is 101 cm³/mol. The number of unbranched alkanes of at least 4 members (excludes halogenated alkanes) is 1. The molecule has 0 saturated heterocycles. The second-order valence-corrected chi connectivity index (χ2v) is 9.95. The zero-order valence-electron chi connectivity index (χ0n) is 19.0. The molecule has 2 rings (SSSR count). The Labute approximate surface area is 195 Å². The number of hydrogen-bond acceptors (Lipinski definition) is 0. The van der Waals surface area contributed by atoms with E-state index in [9.17, 15) is 57.1 Å². The monoisotopic (exact) mass is 540 g/mol. The van der Waals surface area contributed by atoms with Gasteiger partial charge in [-0.15, -0.1) is 0 Å². The molecule has 0 bridgehead atoms. The molecule has 0 N–H and O–H groups in total. The van der Waals surface area contributed by atoms with E-state index in [0.29, 0.717) is 5.92 Å². The van der Waals surface area contributed by atoms with Crippen LogP contribution in [0.4, 0.5) is 57.1 Å². The predicted octanol–water partition coefficient (Wildman–Crippen LogP) is 9.53. The van der Waals surface area contributed by atoms with Crippen molar-refractivity contribution in [3.05, 3.63) is 0 Å². The van der Waals surface area contributed by atoms with Crippen LogP contribution in [-0.2, 0) is 0 Å². The highest BCUT2D eigenvalue weighted by Gasteiger charge is 2.91. The van der Waals surface area contributed by atoms with Crippen molar-refractivity contribution in [3.63, 3.8) is 0 Å². The molecule has 208 valence electrons. The summed E-state index contributed by atoms with van der Waals surface area (Å²) in [5.41, 5.74) is 0. The highest BCUT2D eigenvalue weighted by Crippen LogP contribution is 2.62. The van der Waals surface area contributed by atoms with Crippen LogP contribution >= 0.6 is 0 Å². The average molecular weight is 540 g/mol. The summed E-state index contributed by atoms with van der Waals surface area (Å²) < 4.78 is 174. The number of rotatable bonds is 9. The van der Waals surface area contributed by atoms with Gasteiger partial charge in [0.05, 0.1) is 0 Å². The summed E-state index contributed by atoms with van der Waals surface area (Å²) in [6.07, 6.45) is -2.50. The van der Waals surface area contributed by atoms with E-state index in [1.165, 1.54) is 0 Å². The SMILES string of the molecule is CCCC[C@H]1CC[C@H]([C@H]2CC[C@H](C(F)(F)C(F)(F)C(F)(F)C(F)(F)C(F)(F)C(F)(F)F)CC2)CC1. The maximum atomic E-state index is 14.4. The molecule has 0 aliphatic heterocycles. The molecule has 2 aliphatic carbocycles. The molecule has 0 amide bonds. The Balaban J connectivity index is 2.11. The van der Waals surface area contributed by atoms with E-state index in [4.69, 9.17) is 0 Å². The van der Waals surface area contributed by atoms with Crippen molar-refractivity contribution in [2.75, 3.05) is 0 Å². The lowest BCUT2D eigenvalue weighted by molar-refractivity contribution is -0.443. The van der Waals surface area contributed by atoms with Gasteiger partial charge in [-0.05, 0) is 56.3 Å². The lowest BCUT2D eigenvalue weighted by Crippen LogP contribution is -2.71. The second-order valence-electron chi connectivity index (χ2n) is 9.95.